The third-order valence-electron chi connectivity index (χ3n) is 1.43. The van der Waals surface area contributed by atoms with Crippen LogP contribution >= 0.6 is 11.8 Å². The zero-order chi connectivity index (χ0) is 7.56. The summed E-state index contributed by atoms with van der Waals surface area (Å²) >= 11 is 0.278. The Labute approximate surface area is 63.3 Å². The van der Waals surface area contributed by atoms with Crippen molar-refractivity contribution in [1.29, 1.82) is 0 Å². The number of hydrogen-bond donors (Lipinski definition) is 1. The minimum Gasteiger partial charge on any atom is -0.369 e. The van der Waals surface area contributed by atoms with E-state index in [0.29, 0.717) is 0 Å². The molecule has 0 aromatic heterocycles. The van der Waals surface area contributed by atoms with Gasteiger partial charge in [0.25, 0.3) is 0 Å². The maximum absolute atomic E-state index is 10.9. The summed E-state index contributed by atoms with van der Waals surface area (Å²) in [5.41, 5.74) is 4.97. The quantitative estimate of drug-likeness (QED) is 0.522. The van der Waals surface area contributed by atoms with E-state index in [2.05, 4.69) is 0 Å². The highest BCUT2D eigenvalue weighted by atomic mass is 32.2. The monoisotopic (exact) mass is 160 g/mol. The van der Waals surface area contributed by atoms with E-state index in [1.807, 2.05) is 0 Å². The number of carbonyl (C=O) groups is 2. The Balaban J connectivity index is 2.56. The molecular formula is C6H10NO2S. The zero-order valence-electron chi connectivity index (χ0n) is 5.46. The van der Waals surface area contributed by atoms with Crippen LogP contribution in [-0.4, -0.2) is 16.8 Å². The van der Waals surface area contributed by atoms with Gasteiger partial charge in [0.15, 0.2) is 5.12 Å². The SMILES string of the molecule is NC(=O)C1[CH]CC[SH2]C1=O. The Morgan fingerprint density at radius 2 is 2.50 bits per heavy atom. The Morgan fingerprint density at radius 1 is 1.80 bits per heavy atom. The molecule has 1 aliphatic rings. The van der Waals surface area contributed by atoms with Crippen LogP contribution in [0.25, 0.3) is 0 Å². The van der Waals surface area contributed by atoms with Crippen molar-refractivity contribution < 1.29 is 9.59 Å². The molecule has 1 atom stereocenters. The molecule has 0 aromatic rings. The lowest BCUT2D eigenvalue weighted by Crippen LogP contribution is -2.31. The van der Waals surface area contributed by atoms with Crippen LogP contribution in [0, 0.1) is 12.3 Å². The topological polar surface area (TPSA) is 60.2 Å². The summed E-state index contributed by atoms with van der Waals surface area (Å²) in [5, 5.41) is -0.00116. The minimum atomic E-state index is -0.591. The highest BCUT2D eigenvalue weighted by molar-refractivity contribution is 8.13. The van der Waals surface area contributed by atoms with E-state index in [1.165, 1.54) is 0 Å². The molecule has 4 heteroatoms. The van der Waals surface area contributed by atoms with Crippen LogP contribution in [0.4, 0.5) is 0 Å². The van der Waals surface area contributed by atoms with E-state index in [1.54, 1.807) is 6.42 Å². The highest BCUT2D eigenvalue weighted by Crippen LogP contribution is 2.22. The zero-order valence-corrected chi connectivity index (χ0v) is 6.46. The lowest BCUT2D eigenvalue weighted by atomic mass is 10.0. The van der Waals surface area contributed by atoms with Crippen molar-refractivity contribution in [3.63, 3.8) is 0 Å². The molecule has 0 saturated carbocycles. The molecule has 0 aliphatic carbocycles. The molecule has 1 fully saturated rings. The molecule has 1 unspecified atom stereocenters. The molecule has 1 rings (SSSR count). The molecule has 0 aromatic carbocycles. The normalized spacial score (nSPS) is 30.4. The first-order valence-electron chi connectivity index (χ1n) is 3.12. The van der Waals surface area contributed by atoms with Crippen LogP contribution in [0.1, 0.15) is 6.42 Å². The smallest absolute Gasteiger partial charge is 0.229 e. The van der Waals surface area contributed by atoms with Gasteiger partial charge in [0.1, 0.15) is 5.92 Å². The third-order valence-corrected chi connectivity index (χ3v) is 2.63. The lowest BCUT2D eigenvalue weighted by molar-refractivity contribution is -0.126. The number of amides is 1. The van der Waals surface area contributed by atoms with Crippen molar-refractivity contribution in [2.24, 2.45) is 11.7 Å². The van der Waals surface area contributed by atoms with Crippen molar-refractivity contribution in [2.45, 2.75) is 6.42 Å². The standard InChI is InChI=1S/C6H10NO2S/c7-5(8)4-2-1-3-10-6(4)9/h2,4H,1,3,10H2,(H2,7,8). The largest absolute Gasteiger partial charge is 0.369 e. The molecule has 1 heterocycles. The number of carbonyl (C=O) groups excluding carboxylic acids is 2. The van der Waals surface area contributed by atoms with Crippen molar-refractivity contribution in [1.82, 2.24) is 0 Å². The second-order valence-corrected chi connectivity index (χ2v) is 3.54. The second-order valence-electron chi connectivity index (χ2n) is 2.20. The first kappa shape index (κ1) is 7.60. The van der Waals surface area contributed by atoms with Crippen LogP contribution in [0.2, 0.25) is 0 Å². The molecule has 57 valence electrons. The van der Waals surface area contributed by atoms with E-state index in [0.717, 1.165) is 12.2 Å². The molecule has 3 nitrogen and oxygen atoms in total. The van der Waals surface area contributed by atoms with Gasteiger partial charge in [-0.25, -0.2) is 11.8 Å². The van der Waals surface area contributed by atoms with E-state index in [-0.39, 0.29) is 16.9 Å². The van der Waals surface area contributed by atoms with Crippen LogP contribution < -0.4 is 5.73 Å². The number of rotatable bonds is 1. The van der Waals surface area contributed by atoms with Crippen molar-refractivity contribution in [3.8, 4) is 0 Å². The van der Waals surface area contributed by atoms with Gasteiger partial charge in [-0.15, -0.1) is 0 Å². The molecular weight excluding hydrogens is 150 g/mol. The van der Waals surface area contributed by atoms with Crippen LogP contribution in [0.15, 0.2) is 0 Å². The molecule has 0 bridgehead atoms. The Kier molecular flexibility index (Phi) is 2.32. The molecule has 2 N–H and O–H groups in total. The summed E-state index contributed by atoms with van der Waals surface area (Å²) < 4.78 is 0. The maximum Gasteiger partial charge on any atom is 0.229 e. The highest BCUT2D eigenvalue weighted by Gasteiger charge is 2.25. The van der Waals surface area contributed by atoms with Gasteiger partial charge >= 0.3 is 0 Å². The molecule has 1 saturated heterocycles. The van der Waals surface area contributed by atoms with Gasteiger partial charge in [-0.2, -0.15) is 0 Å². The van der Waals surface area contributed by atoms with Gasteiger partial charge in [0.2, 0.25) is 5.91 Å². The fourth-order valence-electron chi connectivity index (χ4n) is 0.908. The summed E-state index contributed by atoms with van der Waals surface area (Å²) in [5.74, 6) is -0.202. The second kappa shape index (κ2) is 3.05. The predicted molar refractivity (Wildman–Crippen MR) is 41.9 cm³/mol. The molecule has 0 spiro atoms. The first-order chi connectivity index (χ1) is 4.72. The van der Waals surface area contributed by atoms with Crippen molar-refractivity contribution in [2.75, 3.05) is 5.75 Å². The van der Waals surface area contributed by atoms with E-state index >= 15 is 0 Å². The van der Waals surface area contributed by atoms with Gasteiger partial charge in [-0.1, -0.05) is 0 Å². The molecule has 1 aliphatic heterocycles. The first-order valence-corrected chi connectivity index (χ1v) is 4.33. The van der Waals surface area contributed by atoms with Gasteiger partial charge in [-0.3, -0.25) is 9.59 Å². The van der Waals surface area contributed by atoms with E-state index in [9.17, 15) is 9.59 Å². The molecule has 1 radical (unpaired) electrons. The summed E-state index contributed by atoms with van der Waals surface area (Å²) in [6.07, 6.45) is 2.55. The Morgan fingerprint density at radius 3 is 2.90 bits per heavy atom. The van der Waals surface area contributed by atoms with E-state index < -0.39 is 11.8 Å². The van der Waals surface area contributed by atoms with Gasteiger partial charge in [0.05, 0.1) is 0 Å². The number of hydrogen-bond acceptors (Lipinski definition) is 2. The van der Waals surface area contributed by atoms with Crippen LogP contribution in [-0.2, 0) is 9.59 Å². The minimum absolute atomic E-state index is 0.00116. The van der Waals surface area contributed by atoms with Crippen molar-refractivity contribution in [3.05, 3.63) is 6.42 Å². The summed E-state index contributed by atoms with van der Waals surface area (Å²) in [4.78, 5) is 21.5. The summed E-state index contributed by atoms with van der Waals surface area (Å²) in [7, 11) is 0. The summed E-state index contributed by atoms with van der Waals surface area (Å²) in [6, 6.07) is 0. The molecule has 10 heavy (non-hydrogen) atoms. The van der Waals surface area contributed by atoms with E-state index in [4.69, 9.17) is 5.73 Å². The Bertz CT molecular complexity index is 169. The third kappa shape index (κ3) is 1.50. The van der Waals surface area contributed by atoms with Crippen LogP contribution in [0.3, 0.4) is 0 Å². The van der Waals surface area contributed by atoms with Gasteiger partial charge in [0, 0.05) is 0 Å². The Hall–Kier alpha value is -0.510. The fraction of sp³-hybridized carbons (Fsp3) is 0.500. The summed E-state index contributed by atoms with van der Waals surface area (Å²) in [6.45, 7) is 0. The van der Waals surface area contributed by atoms with Gasteiger partial charge in [-0.05, 0) is 18.6 Å². The molecule has 1 amide bonds. The average molecular weight is 160 g/mol. The number of nitrogens with two attached hydrogens (primary N) is 1. The average Bonchev–Trinajstić information content (AvgIpc) is 1.88. The van der Waals surface area contributed by atoms with Gasteiger partial charge < -0.3 is 5.73 Å². The van der Waals surface area contributed by atoms with Crippen LogP contribution in [0.5, 0.6) is 0 Å². The predicted octanol–water partition coefficient (Wildman–Crippen LogP) is -0.580. The maximum atomic E-state index is 10.9. The number of primary amides is 1. The fourth-order valence-corrected chi connectivity index (χ4v) is 1.95. The van der Waals surface area contributed by atoms with Crippen molar-refractivity contribution >= 4 is 22.8 Å². The lowest BCUT2D eigenvalue weighted by Gasteiger charge is -2.17.